The molecule has 0 saturated carbocycles. The normalized spacial score (nSPS) is 13.8. The molecule has 0 aliphatic carbocycles. The lowest BCUT2D eigenvalue weighted by molar-refractivity contribution is -0.161. The summed E-state index contributed by atoms with van der Waals surface area (Å²) in [6.45, 7) is 3.78. The van der Waals surface area contributed by atoms with E-state index in [-0.39, 0.29) is 25.4 Å². The number of phosphoric ester groups is 1. The number of hydrogen-bond acceptors (Lipinski definition) is 7. The molecular weight excluding hydrogens is 748 g/mol. The second kappa shape index (κ2) is 44.3. The van der Waals surface area contributed by atoms with Gasteiger partial charge in [0.1, 0.15) is 6.61 Å². The molecule has 0 fully saturated rings. The molecule has 2 atom stereocenters. The van der Waals surface area contributed by atoms with Crippen LogP contribution in [0.5, 0.6) is 0 Å². The van der Waals surface area contributed by atoms with Gasteiger partial charge in [-0.05, 0) is 77.0 Å². The topological polar surface area (TPSA) is 108 Å². The predicted molar refractivity (Wildman–Crippen MR) is 244 cm³/mol. The molecule has 0 bridgehead atoms. The predicted octanol–water partition coefficient (Wildman–Crippen LogP) is 15.1. The zero-order valence-corrected chi connectivity index (χ0v) is 38.3. The second-order valence-electron chi connectivity index (χ2n) is 15.5. The Labute approximate surface area is 356 Å². The lowest BCUT2D eigenvalue weighted by atomic mass is 10.1. The standard InChI is InChI=1S/C49H87O8P/c1-4-6-8-10-12-14-16-18-20-22-24-25-26-28-30-32-34-36-38-40-42-44-49(51)57-47(46-56-58(52,53)54-3)45-55-48(50)43-41-39-37-35-33-31-29-27-23-21-19-17-15-13-11-9-7-5-2/h6,8,12,14,18,20-21,23-25,47H,4-5,7,9-11,13,15-17,19,22,26-46H2,1-3H3,(H,52,53)/b8-6-,14-12-,20-18-,23-21-,25-24-. The molecular formula is C49H87O8P. The van der Waals surface area contributed by atoms with Gasteiger partial charge in [0.25, 0.3) is 0 Å². The maximum Gasteiger partial charge on any atom is 0.472 e. The summed E-state index contributed by atoms with van der Waals surface area (Å²) in [5, 5.41) is 0. The summed E-state index contributed by atoms with van der Waals surface area (Å²) in [5.74, 6) is -0.816. The summed E-state index contributed by atoms with van der Waals surface area (Å²) in [6.07, 6.45) is 55.6. The maximum atomic E-state index is 12.5. The highest BCUT2D eigenvalue weighted by atomic mass is 31.2. The van der Waals surface area contributed by atoms with E-state index in [9.17, 15) is 19.0 Å². The van der Waals surface area contributed by atoms with Gasteiger partial charge in [-0.2, -0.15) is 0 Å². The van der Waals surface area contributed by atoms with Gasteiger partial charge in [0.2, 0.25) is 0 Å². The average Bonchev–Trinajstić information content (AvgIpc) is 3.21. The number of unbranched alkanes of at least 4 members (excludes halogenated alkanes) is 22. The van der Waals surface area contributed by atoms with E-state index in [0.29, 0.717) is 6.42 Å². The van der Waals surface area contributed by atoms with Gasteiger partial charge >= 0.3 is 19.8 Å². The number of rotatable bonds is 43. The third kappa shape index (κ3) is 43.3. The minimum Gasteiger partial charge on any atom is -0.462 e. The largest absolute Gasteiger partial charge is 0.472 e. The summed E-state index contributed by atoms with van der Waals surface area (Å²) in [4.78, 5) is 34.6. The number of carbonyl (C=O) groups excluding carboxylic acids is 2. The number of allylic oxidation sites excluding steroid dienone is 10. The molecule has 0 rings (SSSR count). The fraction of sp³-hybridized carbons (Fsp3) is 0.755. The van der Waals surface area contributed by atoms with Crippen molar-refractivity contribution in [3.8, 4) is 0 Å². The Hall–Kier alpha value is -2.25. The molecule has 0 aliphatic rings. The van der Waals surface area contributed by atoms with Gasteiger partial charge in [-0.1, -0.05) is 184 Å². The van der Waals surface area contributed by atoms with Crippen LogP contribution < -0.4 is 0 Å². The van der Waals surface area contributed by atoms with Crippen LogP contribution >= 0.6 is 7.82 Å². The first-order valence-corrected chi connectivity index (χ1v) is 25.0. The third-order valence-corrected chi connectivity index (χ3v) is 10.9. The van der Waals surface area contributed by atoms with Crippen LogP contribution in [0.25, 0.3) is 0 Å². The third-order valence-electron chi connectivity index (χ3n) is 10.00. The van der Waals surface area contributed by atoms with Gasteiger partial charge in [-0.15, -0.1) is 0 Å². The van der Waals surface area contributed by atoms with Crippen LogP contribution in [0, 0.1) is 0 Å². The quantitative estimate of drug-likeness (QED) is 0.0280. The first-order valence-electron chi connectivity index (χ1n) is 23.5. The Balaban J connectivity index is 3.98. The molecule has 0 aliphatic heterocycles. The van der Waals surface area contributed by atoms with E-state index in [1.54, 1.807) is 0 Å². The van der Waals surface area contributed by atoms with Crippen LogP contribution in [0.4, 0.5) is 0 Å². The van der Waals surface area contributed by atoms with Crippen molar-refractivity contribution in [2.75, 3.05) is 20.3 Å². The monoisotopic (exact) mass is 835 g/mol. The van der Waals surface area contributed by atoms with Crippen molar-refractivity contribution in [3.05, 3.63) is 60.8 Å². The fourth-order valence-corrected chi connectivity index (χ4v) is 6.87. The number of hydrogen-bond donors (Lipinski definition) is 1. The Kier molecular flexibility index (Phi) is 42.6. The zero-order chi connectivity index (χ0) is 42.5. The van der Waals surface area contributed by atoms with Gasteiger partial charge < -0.3 is 14.4 Å². The van der Waals surface area contributed by atoms with Gasteiger partial charge in [-0.3, -0.25) is 18.6 Å². The number of ether oxygens (including phenoxy) is 2. The summed E-state index contributed by atoms with van der Waals surface area (Å²) in [5.41, 5.74) is 0. The van der Waals surface area contributed by atoms with Gasteiger partial charge in [-0.25, -0.2) is 4.57 Å². The molecule has 0 aromatic heterocycles. The van der Waals surface area contributed by atoms with E-state index < -0.39 is 26.5 Å². The molecule has 0 heterocycles. The smallest absolute Gasteiger partial charge is 0.462 e. The molecule has 0 spiro atoms. The molecule has 1 N–H and O–H groups in total. The fourth-order valence-electron chi connectivity index (χ4n) is 6.41. The first kappa shape index (κ1) is 55.8. The Morgan fingerprint density at radius 2 is 0.879 bits per heavy atom. The molecule has 0 aromatic rings. The Bertz CT molecular complexity index is 1130. The molecule has 0 amide bonds. The highest BCUT2D eigenvalue weighted by molar-refractivity contribution is 7.47. The van der Waals surface area contributed by atoms with Crippen molar-refractivity contribution in [1.29, 1.82) is 0 Å². The van der Waals surface area contributed by atoms with Crippen molar-refractivity contribution in [2.45, 2.75) is 219 Å². The Morgan fingerprint density at radius 1 is 0.500 bits per heavy atom. The molecule has 58 heavy (non-hydrogen) atoms. The van der Waals surface area contributed by atoms with E-state index >= 15 is 0 Å². The SMILES string of the molecule is CC/C=C\C/C=C\C/C=C\C/C=C\CCCCCCCCCCC(=O)OC(COC(=O)CCCCCCCCC/C=C\CCCCCCCCC)COP(=O)(O)OC. The Morgan fingerprint density at radius 3 is 1.33 bits per heavy atom. The summed E-state index contributed by atoms with van der Waals surface area (Å²) < 4.78 is 32.1. The van der Waals surface area contributed by atoms with E-state index in [4.69, 9.17) is 14.0 Å². The van der Waals surface area contributed by atoms with E-state index in [1.165, 1.54) is 109 Å². The van der Waals surface area contributed by atoms with Crippen molar-refractivity contribution in [1.82, 2.24) is 0 Å². The van der Waals surface area contributed by atoms with Crippen molar-refractivity contribution >= 4 is 19.8 Å². The number of carbonyl (C=O) groups is 2. The van der Waals surface area contributed by atoms with E-state index in [1.807, 2.05) is 0 Å². The minimum absolute atomic E-state index is 0.232. The summed E-state index contributed by atoms with van der Waals surface area (Å²) >= 11 is 0. The van der Waals surface area contributed by atoms with Crippen molar-refractivity contribution in [2.24, 2.45) is 0 Å². The van der Waals surface area contributed by atoms with Gasteiger partial charge in [0.15, 0.2) is 6.10 Å². The summed E-state index contributed by atoms with van der Waals surface area (Å²) in [6, 6.07) is 0. The maximum absolute atomic E-state index is 12.5. The lowest BCUT2D eigenvalue weighted by Gasteiger charge is -2.19. The number of phosphoric acid groups is 1. The molecule has 0 saturated heterocycles. The molecule has 0 radical (unpaired) electrons. The van der Waals surface area contributed by atoms with Crippen LogP contribution in [0.2, 0.25) is 0 Å². The second-order valence-corrected chi connectivity index (χ2v) is 17.1. The lowest BCUT2D eigenvalue weighted by Crippen LogP contribution is -2.29. The van der Waals surface area contributed by atoms with Crippen molar-refractivity contribution in [3.63, 3.8) is 0 Å². The average molecular weight is 835 g/mol. The van der Waals surface area contributed by atoms with E-state index in [0.717, 1.165) is 77.7 Å². The van der Waals surface area contributed by atoms with Crippen LogP contribution in [0.1, 0.15) is 213 Å². The molecule has 2 unspecified atom stereocenters. The highest BCUT2D eigenvalue weighted by Gasteiger charge is 2.24. The van der Waals surface area contributed by atoms with E-state index in [2.05, 4.69) is 79.1 Å². The molecule has 0 aromatic carbocycles. The van der Waals surface area contributed by atoms with Gasteiger partial charge in [0, 0.05) is 20.0 Å². The molecule has 8 nitrogen and oxygen atoms in total. The summed E-state index contributed by atoms with van der Waals surface area (Å²) in [7, 11) is -3.21. The van der Waals surface area contributed by atoms with Gasteiger partial charge in [0.05, 0.1) is 6.61 Å². The minimum atomic E-state index is -4.27. The zero-order valence-electron chi connectivity index (χ0n) is 37.4. The van der Waals surface area contributed by atoms with Crippen LogP contribution in [-0.2, 0) is 32.7 Å². The first-order chi connectivity index (χ1) is 28.3. The molecule has 336 valence electrons. The van der Waals surface area contributed by atoms with Crippen LogP contribution in [0.3, 0.4) is 0 Å². The highest BCUT2D eigenvalue weighted by Crippen LogP contribution is 2.42. The van der Waals surface area contributed by atoms with Crippen LogP contribution in [-0.4, -0.2) is 43.3 Å². The molecule has 9 heteroatoms. The van der Waals surface area contributed by atoms with Crippen molar-refractivity contribution < 1.29 is 37.6 Å². The number of esters is 2. The van der Waals surface area contributed by atoms with Crippen LogP contribution in [0.15, 0.2) is 60.8 Å².